The number of hydrogen-bond acceptors (Lipinski definition) is 12. The molecule has 2 aromatic rings. The van der Waals surface area contributed by atoms with Crippen LogP contribution in [0.25, 0.3) is 0 Å². The van der Waals surface area contributed by atoms with Gasteiger partial charge in [-0.1, -0.05) is 46.3 Å². The zero-order valence-corrected chi connectivity index (χ0v) is 39.5. The van der Waals surface area contributed by atoms with Crippen molar-refractivity contribution in [3.8, 4) is 5.75 Å². The average molecular weight is 895 g/mol. The number of benzene rings is 1. The fraction of sp³-hybridized carbons (Fsp3) is 0.774. The van der Waals surface area contributed by atoms with Crippen molar-refractivity contribution in [1.29, 1.82) is 0 Å². The largest absolute Gasteiger partial charge is 0.459 e. The van der Waals surface area contributed by atoms with Crippen molar-refractivity contribution < 1.29 is 49.6 Å². The molecule has 352 valence electrons. The number of fused-ring (bicyclic) bond motifs is 13. The minimum Gasteiger partial charge on any atom is -0.459 e. The molecule has 12 heteroatoms. The Balaban J connectivity index is 0.808. The van der Waals surface area contributed by atoms with Gasteiger partial charge >= 0.3 is 0 Å². The van der Waals surface area contributed by atoms with Crippen LogP contribution in [0.2, 0.25) is 0 Å². The number of hydrogen-bond donors (Lipinski definition) is 6. The second-order valence-corrected chi connectivity index (χ2v) is 25.0. The lowest BCUT2D eigenvalue weighted by Crippen LogP contribution is -2.62. The molecule has 5 fully saturated rings. The van der Waals surface area contributed by atoms with Gasteiger partial charge in [0.25, 0.3) is 0 Å². The van der Waals surface area contributed by atoms with Gasteiger partial charge in [0.15, 0.2) is 5.79 Å². The molecular weight excluding hydrogens is 825 g/mol. The van der Waals surface area contributed by atoms with Gasteiger partial charge in [-0.05, 0) is 136 Å². The first-order valence-electron chi connectivity index (χ1n) is 25.2. The van der Waals surface area contributed by atoms with Gasteiger partial charge in [0.2, 0.25) is 5.79 Å². The van der Waals surface area contributed by atoms with Crippen LogP contribution in [0.3, 0.4) is 0 Å². The molecule has 1 unspecified atom stereocenters. The van der Waals surface area contributed by atoms with E-state index in [1.165, 1.54) is 11.1 Å². The highest BCUT2D eigenvalue weighted by atomic mass is 16.7. The minimum atomic E-state index is -1.46. The van der Waals surface area contributed by atoms with E-state index in [4.69, 9.17) is 28.9 Å². The molecule has 0 amide bonds. The molecule has 0 bridgehead atoms. The molecule has 7 aliphatic carbocycles. The van der Waals surface area contributed by atoms with Gasteiger partial charge in [0, 0.05) is 47.5 Å². The predicted molar refractivity (Wildman–Crippen MR) is 237 cm³/mol. The fourth-order valence-electron chi connectivity index (χ4n) is 17.4. The number of aliphatic hydroxyl groups excluding tert-OH is 5. The second kappa shape index (κ2) is 12.8. The van der Waals surface area contributed by atoms with Crippen molar-refractivity contribution in [2.75, 3.05) is 6.61 Å². The van der Waals surface area contributed by atoms with Crippen LogP contribution in [0.1, 0.15) is 157 Å². The second-order valence-electron chi connectivity index (χ2n) is 25.0. The predicted octanol–water partition coefficient (Wildman–Crippen LogP) is 5.35. The van der Waals surface area contributed by atoms with E-state index < -0.39 is 64.3 Å². The summed E-state index contributed by atoms with van der Waals surface area (Å²) >= 11 is 0. The molecule has 2 spiro atoms. The van der Waals surface area contributed by atoms with Gasteiger partial charge in [0.05, 0.1) is 52.8 Å². The van der Waals surface area contributed by atoms with Crippen LogP contribution in [-0.4, -0.2) is 100 Å². The van der Waals surface area contributed by atoms with Crippen molar-refractivity contribution >= 4 is 0 Å². The number of rotatable bonds is 1. The van der Waals surface area contributed by atoms with Gasteiger partial charge in [-0.15, -0.1) is 0 Å². The summed E-state index contributed by atoms with van der Waals surface area (Å²) < 4.78 is 26.6. The van der Waals surface area contributed by atoms with Crippen molar-refractivity contribution in [2.45, 2.75) is 203 Å². The molecule has 2 saturated carbocycles. The molecule has 1 aromatic heterocycles. The smallest absolute Gasteiger partial charge is 0.240 e. The minimum absolute atomic E-state index is 0.0302. The molecule has 4 aliphatic heterocycles. The standard InChI is InChI=1S/C53H70N2O10/c1-24-30-15-38(57)43-29-12-10-27-14-35-36(19-48(27,6)31(29)16-39(44(30)43)62-53(24)45(60)25(2)46(3,4)64-53)54-34-13-26-9-11-28-32(49(26,7)20-37(34)55-35)17-40(58)50(8)33(28)18-42-51(50,61)22-52(63-42)41(59)21-47(5,23-56)65-52/h16,18,24-28,30,32,38,40-42,45,56-61H,9-15,17,19-23H2,1-8H3/t24-,25-,26-,27-,28+,30+,32-,38+,40+,41+,42-,45+,47-,48-,49-,50+,51+,52-,53?/m0/s1. The molecule has 19 atom stereocenters. The van der Waals surface area contributed by atoms with E-state index in [2.05, 4.69) is 32.9 Å². The van der Waals surface area contributed by atoms with Crippen LogP contribution in [-0.2, 0) is 51.7 Å². The lowest BCUT2D eigenvalue weighted by Gasteiger charge is -2.61. The zero-order valence-electron chi connectivity index (χ0n) is 39.5. The summed E-state index contributed by atoms with van der Waals surface area (Å²) in [5.41, 5.74) is 5.90. The number of nitrogens with zero attached hydrogens (tertiary/aromatic N) is 2. The molecule has 5 heterocycles. The maximum atomic E-state index is 12.7. The van der Waals surface area contributed by atoms with Crippen LogP contribution in [0.15, 0.2) is 17.7 Å². The summed E-state index contributed by atoms with van der Waals surface area (Å²) in [4.78, 5) is 11.1. The Morgan fingerprint density at radius 2 is 1.51 bits per heavy atom. The number of aromatic nitrogens is 2. The SMILES string of the molecule is C[C@H]1[C@@H](O)C2(Oc3cc4c(c5c3[C@H](C[C@H]5O)[C@@H]2C)CC[C@H]2Cc3nc5c(nc3C[C@]42C)C[C@@H]2CC[C@H]3C4=C[C@@H]6O[C@@]7(C[C@]6(O)[C@@]4(C)[C@H](O)C[C@@H]3[C@@]2(C)C5)O[C@](C)(CO)C[C@H]7O)OC1(C)C. The van der Waals surface area contributed by atoms with Gasteiger partial charge < -0.3 is 49.6 Å². The fourth-order valence-corrected chi connectivity index (χ4v) is 17.4. The zero-order chi connectivity index (χ0) is 45.6. The van der Waals surface area contributed by atoms with Gasteiger partial charge in [0.1, 0.15) is 29.7 Å². The quantitative estimate of drug-likeness (QED) is 0.202. The van der Waals surface area contributed by atoms with E-state index in [1.807, 2.05) is 27.7 Å². The average Bonchev–Trinajstić information content (AvgIpc) is 3.94. The highest BCUT2D eigenvalue weighted by molar-refractivity contribution is 5.60. The van der Waals surface area contributed by atoms with Crippen molar-refractivity contribution in [3.05, 3.63) is 62.7 Å². The Bertz CT molecular complexity index is 2480. The summed E-state index contributed by atoms with van der Waals surface area (Å²) in [7, 11) is 0. The molecule has 1 aromatic carbocycles. The Kier molecular flexibility index (Phi) is 8.39. The number of ether oxygens (including phenoxy) is 4. The topological polar surface area (TPSA) is 184 Å². The van der Waals surface area contributed by atoms with Crippen molar-refractivity contribution in [2.24, 2.45) is 46.3 Å². The molecular formula is C53H70N2O10. The van der Waals surface area contributed by atoms with Crippen LogP contribution in [0.5, 0.6) is 5.75 Å². The van der Waals surface area contributed by atoms with Gasteiger partial charge in [-0.3, -0.25) is 9.97 Å². The van der Waals surface area contributed by atoms with Gasteiger partial charge in [-0.25, -0.2) is 0 Å². The van der Waals surface area contributed by atoms with E-state index in [1.54, 1.807) is 6.92 Å². The lowest BCUT2D eigenvalue weighted by atomic mass is 9.45. The maximum Gasteiger partial charge on any atom is 0.240 e. The Hall–Kier alpha value is -2.52. The molecule has 13 rings (SSSR count). The first-order valence-corrected chi connectivity index (χ1v) is 25.2. The van der Waals surface area contributed by atoms with Crippen molar-refractivity contribution in [3.63, 3.8) is 0 Å². The summed E-state index contributed by atoms with van der Waals surface area (Å²) in [6.45, 7) is 16.6. The summed E-state index contributed by atoms with van der Waals surface area (Å²) in [6.07, 6.45) is 6.68. The van der Waals surface area contributed by atoms with Gasteiger partial charge in [-0.2, -0.15) is 0 Å². The van der Waals surface area contributed by atoms with Crippen LogP contribution >= 0.6 is 0 Å². The van der Waals surface area contributed by atoms with Crippen LogP contribution in [0, 0.1) is 46.3 Å². The monoisotopic (exact) mass is 895 g/mol. The molecule has 0 radical (unpaired) electrons. The molecule has 12 nitrogen and oxygen atoms in total. The molecule has 11 aliphatic rings. The molecule has 6 N–H and O–H groups in total. The van der Waals surface area contributed by atoms with E-state index in [0.29, 0.717) is 24.7 Å². The molecule has 3 saturated heterocycles. The van der Waals surface area contributed by atoms with E-state index in [9.17, 15) is 30.6 Å². The normalized spacial score (nSPS) is 52.4. The Labute approximate surface area is 382 Å². The summed E-state index contributed by atoms with van der Waals surface area (Å²) in [6, 6.07) is 2.27. The summed E-state index contributed by atoms with van der Waals surface area (Å²) in [5.74, 6) is -0.973. The highest BCUT2D eigenvalue weighted by Crippen LogP contribution is 2.70. The van der Waals surface area contributed by atoms with E-state index in [-0.39, 0.29) is 59.9 Å². The maximum absolute atomic E-state index is 12.7. The van der Waals surface area contributed by atoms with Crippen LogP contribution < -0.4 is 4.74 Å². The van der Waals surface area contributed by atoms with Crippen LogP contribution in [0.4, 0.5) is 0 Å². The first-order chi connectivity index (χ1) is 30.5. The third-order valence-electron chi connectivity index (χ3n) is 21.7. The highest BCUT2D eigenvalue weighted by Gasteiger charge is 2.76. The third kappa shape index (κ3) is 5.00. The third-order valence-corrected chi connectivity index (χ3v) is 21.7. The first kappa shape index (κ1) is 42.6. The van der Waals surface area contributed by atoms with E-state index >= 15 is 0 Å². The Morgan fingerprint density at radius 1 is 0.785 bits per heavy atom. The number of aliphatic hydroxyl groups is 6. The summed E-state index contributed by atoms with van der Waals surface area (Å²) in [5, 5.41) is 70.0. The van der Waals surface area contributed by atoms with Crippen molar-refractivity contribution in [1.82, 2.24) is 9.97 Å². The Morgan fingerprint density at radius 3 is 2.20 bits per heavy atom. The molecule has 65 heavy (non-hydrogen) atoms. The van der Waals surface area contributed by atoms with E-state index in [0.717, 1.165) is 96.6 Å². The lowest BCUT2D eigenvalue weighted by molar-refractivity contribution is -0.263.